The number of nitrogens with zero attached hydrogens (tertiary/aromatic N) is 2. The summed E-state index contributed by atoms with van der Waals surface area (Å²) >= 11 is 0. The van der Waals surface area contributed by atoms with Gasteiger partial charge in [0.1, 0.15) is 0 Å². The summed E-state index contributed by atoms with van der Waals surface area (Å²) in [6.07, 6.45) is 5.13. The molecule has 130 valence electrons. The molecule has 1 N–H and O–H groups in total. The number of amides is 2. The maximum absolute atomic E-state index is 12.6. The van der Waals surface area contributed by atoms with Gasteiger partial charge < -0.3 is 10.2 Å². The second kappa shape index (κ2) is 7.92. The second-order valence-electron chi connectivity index (χ2n) is 6.47. The van der Waals surface area contributed by atoms with Crippen molar-refractivity contribution in [2.75, 3.05) is 13.1 Å². The van der Waals surface area contributed by atoms with Crippen LogP contribution in [-0.2, 0) is 4.79 Å². The number of aromatic nitrogens is 1. The Kier molecular flexibility index (Phi) is 5.43. The molecule has 0 unspecified atom stereocenters. The molecule has 2 heterocycles. The Bertz CT molecular complexity index is 718. The van der Waals surface area contributed by atoms with E-state index in [2.05, 4.69) is 10.3 Å². The molecule has 1 fully saturated rings. The van der Waals surface area contributed by atoms with E-state index in [4.69, 9.17) is 0 Å². The Labute approximate surface area is 148 Å². The molecule has 3 rings (SSSR count). The van der Waals surface area contributed by atoms with Crippen LogP contribution in [0, 0.1) is 5.92 Å². The van der Waals surface area contributed by atoms with Crippen molar-refractivity contribution in [3.63, 3.8) is 0 Å². The maximum atomic E-state index is 12.6. The van der Waals surface area contributed by atoms with Crippen molar-refractivity contribution in [2.24, 2.45) is 5.92 Å². The highest BCUT2D eigenvalue weighted by Crippen LogP contribution is 2.20. The average Bonchev–Trinajstić information content (AvgIpc) is 2.68. The van der Waals surface area contributed by atoms with Gasteiger partial charge in [0.2, 0.25) is 5.91 Å². The molecule has 2 amide bonds. The van der Waals surface area contributed by atoms with Crippen LogP contribution in [0.25, 0.3) is 0 Å². The number of hydrogen-bond donors (Lipinski definition) is 1. The summed E-state index contributed by atoms with van der Waals surface area (Å²) < 4.78 is 0. The van der Waals surface area contributed by atoms with E-state index in [9.17, 15) is 9.59 Å². The van der Waals surface area contributed by atoms with Gasteiger partial charge in [0, 0.05) is 31.0 Å². The number of carbonyl (C=O) groups is 2. The molecule has 1 saturated heterocycles. The summed E-state index contributed by atoms with van der Waals surface area (Å²) in [6.45, 7) is 3.12. The van der Waals surface area contributed by atoms with Crippen LogP contribution in [0.2, 0.25) is 0 Å². The van der Waals surface area contributed by atoms with Crippen LogP contribution in [-0.4, -0.2) is 34.8 Å². The van der Waals surface area contributed by atoms with Gasteiger partial charge >= 0.3 is 0 Å². The Morgan fingerprint density at radius 1 is 1.20 bits per heavy atom. The first-order valence-corrected chi connectivity index (χ1v) is 8.70. The maximum Gasteiger partial charge on any atom is 0.253 e. The molecule has 25 heavy (non-hydrogen) atoms. The molecule has 0 spiro atoms. The van der Waals surface area contributed by atoms with Crippen LogP contribution in [0.15, 0.2) is 54.9 Å². The van der Waals surface area contributed by atoms with Crippen LogP contribution in [0.3, 0.4) is 0 Å². The zero-order chi connectivity index (χ0) is 17.6. The molecule has 5 heteroatoms. The number of nitrogens with one attached hydrogen (secondary N) is 1. The molecular formula is C20H23N3O2. The molecule has 1 aliphatic rings. The number of piperidine rings is 1. The average molecular weight is 337 g/mol. The van der Waals surface area contributed by atoms with Crippen molar-refractivity contribution in [3.05, 3.63) is 66.0 Å². The van der Waals surface area contributed by atoms with E-state index < -0.39 is 0 Å². The Morgan fingerprint density at radius 2 is 2.00 bits per heavy atom. The molecule has 1 aromatic carbocycles. The van der Waals surface area contributed by atoms with Crippen molar-refractivity contribution < 1.29 is 9.59 Å². The minimum atomic E-state index is -0.166. The largest absolute Gasteiger partial charge is 0.349 e. The van der Waals surface area contributed by atoms with Crippen molar-refractivity contribution in [1.29, 1.82) is 0 Å². The van der Waals surface area contributed by atoms with E-state index in [1.54, 1.807) is 17.3 Å². The topological polar surface area (TPSA) is 62.3 Å². The van der Waals surface area contributed by atoms with E-state index in [1.165, 1.54) is 0 Å². The van der Waals surface area contributed by atoms with Crippen LogP contribution in [0.5, 0.6) is 0 Å². The Balaban J connectivity index is 1.61. The first-order chi connectivity index (χ1) is 12.1. The summed E-state index contributed by atoms with van der Waals surface area (Å²) in [5.74, 6) is -0.166. The van der Waals surface area contributed by atoms with Crippen LogP contribution >= 0.6 is 0 Å². The number of rotatable bonds is 4. The number of pyridine rings is 1. The number of likely N-dealkylation sites (tertiary alicyclic amines) is 1. The van der Waals surface area contributed by atoms with E-state index >= 15 is 0 Å². The molecule has 0 radical (unpaired) electrons. The van der Waals surface area contributed by atoms with E-state index in [0.29, 0.717) is 18.7 Å². The molecule has 2 atom stereocenters. The fraction of sp³-hybridized carbons (Fsp3) is 0.350. The molecule has 2 aromatic rings. The first kappa shape index (κ1) is 17.1. The third-order valence-electron chi connectivity index (χ3n) is 4.64. The van der Waals surface area contributed by atoms with Crippen molar-refractivity contribution in [2.45, 2.75) is 25.8 Å². The summed E-state index contributed by atoms with van der Waals surface area (Å²) in [5.41, 5.74) is 1.65. The van der Waals surface area contributed by atoms with Gasteiger partial charge in [-0.25, -0.2) is 0 Å². The van der Waals surface area contributed by atoms with E-state index in [-0.39, 0.29) is 23.8 Å². The van der Waals surface area contributed by atoms with Gasteiger partial charge in [-0.2, -0.15) is 0 Å². The Hall–Kier alpha value is -2.69. The van der Waals surface area contributed by atoms with Gasteiger partial charge in [0.25, 0.3) is 5.91 Å². The summed E-state index contributed by atoms with van der Waals surface area (Å²) in [7, 11) is 0. The SMILES string of the molecule is C[C@H](NC(=O)[C@@H]1CCCN(C(=O)c2ccccc2)C1)c1cccnc1. The monoisotopic (exact) mass is 337 g/mol. The molecular weight excluding hydrogens is 314 g/mol. The highest BCUT2D eigenvalue weighted by molar-refractivity contribution is 5.94. The molecule has 5 nitrogen and oxygen atoms in total. The molecule has 1 aliphatic heterocycles. The van der Waals surface area contributed by atoms with Gasteiger partial charge in [-0.05, 0) is 43.5 Å². The fourth-order valence-corrected chi connectivity index (χ4v) is 3.19. The Morgan fingerprint density at radius 3 is 2.72 bits per heavy atom. The first-order valence-electron chi connectivity index (χ1n) is 8.70. The quantitative estimate of drug-likeness (QED) is 0.933. The summed E-state index contributed by atoms with van der Waals surface area (Å²) in [6, 6.07) is 13.0. The lowest BCUT2D eigenvalue weighted by Gasteiger charge is -2.32. The number of carbonyl (C=O) groups excluding carboxylic acids is 2. The third kappa shape index (κ3) is 4.24. The fourth-order valence-electron chi connectivity index (χ4n) is 3.19. The van der Waals surface area contributed by atoms with Gasteiger partial charge in [0.15, 0.2) is 0 Å². The van der Waals surface area contributed by atoms with E-state index in [1.807, 2.05) is 49.4 Å². The standard InChI is InChI=1S/C20H23N3O2/c1-15(17-9-5-11-21-13-17)22-19(24)18-10-6-12-23(14-18)20(25)16-7-3-2-4-8-16/h2-5,7-9,11,13,15,18H,6,10,12,14H2,1H3,(H,22,24)/t15-,18+/m0/s1. The van der Waals surface area contributed by atoms with Gasteiger partial charge in [-0.3, -0.25) is 14.6 Å². The normalized spacial score (nSPS) is 18.4. The van der Waals surface area contributed by atoms with Crippen molar-refractivity contribution >= 4 is 11.8 Å². The van der Waals surface area contributed by atoms with Gasteiger partial charge in [-0.15, -0.1) is 0 Å². The molecule has 1 aromatic heterocycles. The van der Waals surface area contributed by atoms with Crippen molar-refractivity contribution in [1.82, 2.24) is 15.2 Å². The summed E-state index contributed by atoms with van der Waals surface area (Å²) in [4.78, 5) is 31.1. The molecule has 0 saturated carbocycles. The predicted molar refractivity (Wildman–Crippen MR) is 95.9 cm³/mol. The zero-order valence-electron chi connectivity index (χ0n) is 14.4. The summed E-state index contributed by atoms with van der Waals surface area (Å²) in [5, 5.41) is 3.05. The number of benzene rings is 1. The van der Waals surface area contributed by atoms with Gasteiger partial charge in [0.05, 0.1) is 12.0 Å². The van der Waals surface area contributed by atoms with Crippen LogP contribution in [0.4, 0.5) is 0 Å². The molecule has 0 bridgehead atoms. The van der Waals surface area contributed by atoms with E-state index in [0.717, 1.165) is 18.4 Å². The minimum absolute atomic E-state index is 0.00147. The lowest BCUT2D eigenvalue weighted by molar-refractivity contribution is -0.127. The second-order valence-corrected chi connectivity index (χ2v) is 6.47. The van der Waals surface area contributed by atoms with Crippen LogP contribution < -0.4 is 5.32 Å². The number of hydrogen-bond acceptors (Lipinski definition) is 3. The smallest absolute Gasteiger partial charge is 0.253 e. The predicted octanol–water partition coefficient (Wildman–Crippen LogP) is 2.81. The molecule has 0 aliphatic carbocycles. The van der Waals surface area contributed by atoms with Gasteiger partial charge in [-0.1, -0.05) is 24.3 Å². The highest BCUT2D eigenvalue weighted by Gasteiger charge is 2.29. The lowest BCUT2D eigenvalue weighted by atomic mass is 9.96. The van der Waals surface area contributed by atoms with Crippen LogP contribution in [0.1, 0.15) is 41.7 Å². The zero-order valence-corrected chi connectivity index (χ0v) is 14.4. The minimum Gasteiger partial charge on any atom is -0.349 e. The van der Waals surface area contributed by atoms with Crippen molar-refractivity contribution in [3.8, 4) is 0 Å². The lowest BCUT2D eigenvalue weighted by Crippen LogP contribution is -2.45. The third-order valence-corrected chi connectivity index (χ3v) is 4.64. The highest BCUT2D eigenvalue weighted by atomic mass is 16.2.